The molecule has 3 aromatic rings. The van der Waals surface area contributed by atoms with Crippen LogP contribution in [0.4, 0.5) is 5.69 Å². The first-order valence-corrected chi connectivity index (χ1v) is 10.7. The minimum Gasteiger partial charge on any atom is -0.507 e. The van der Waals surface area contributed by atoms with Crippen molar-refractivity contribution in [2.75, 3.05) is 18.0 Å². The van der Waals surface area contributed by atoms with Crippen molar-refractivity contribution in [1.82, 2.24) is 15.5 Å². The van der Waals surface area contributed by atoms with Crippen LogP contribution in [0.3, 0.4) is 0 Å². The van der Waals surface area contributed by atoms with Gasteiger partial charge in [0.1, 0.15) is 11.5 Å². The summed E-state index contributed by atoms with van der Waals surface area (Å²) in [5.74, 6) is 0.00982. The fourth-order valence-electron chi connectivity index (χ4n) is 3.66. The van der Waals surface area contributed by atoms with Crippen LogP contribution in [0.15, 0.2) is 47.1 Å². The van der Waals surface area contributed by atoms with Gasteiger partial charge in [-0.1, -0.05) is 23.7 Å². The number of anilines is 1. The van der Waals surface area contributed by atoms with Gasteiger partial charge in [-0.3, -0.25) is 5.10 Å². The van der Waals surface area contributed by atoms with E-state index in [2.05, 4.69) is 36.3 Å². The molecule has 152 valence electrons. The van der Waals surface area contributed by atoms with E-state index in [0.717, 1.165) is 48.9 Å². The molecular formula is C21H22BrClN4O2. The van der Waals surface area contributed by atoms with Crippen molar-refractivity contribution in [3.05, 3.63) is 57.7 Å². The molecule has 4 rings (SSSR count). The van der Waals surface area contributed by atoms with Crippen LogP contribution < -0.4 is 10.2 Å². The molecule has 29 heavy (non-hydrogen) atoms. The second-order valence-electron chi connectivity index (χ2n) is 7.22. The van der Waals surface area contributed by atoms with Gasteiger partial charge in [0.15, 0.2) is 0 Å². The van der Waals surface area contributed by atoms with Crippen LogP contribution in [-0.2, 0) is 6.54 Å². The Morgan fingerprint density at radius 3 is 2.59 bits per heavy atom. The Morgan fingerprint density at radius 2 is 1.86 bits per heavy atom. The number of phenols is 2. The number of nitrogens with zero attached hydrogens (tertiary/aromatic N) is 2. The molecule has 0 unspecified atom stereocenters. The van der Waals surface area contributed by atoms with Gasteiger partial charge < -0.3 is 20.4 Å². The number of aromatic amines is 1. The summed E-state index contributed by atoms with van der Waals surface area (Å²) >= 11 is 9.25. The molecule has 0 radical (unpaired) electrons. The number of hydrogen-bond donors (Lipinski definition) is 4. The highest BCUT2D eigenvalue weighted by atomic mass is 79.9. The highest BCUT2D eigenvalue weighted by Gasteiger charge is 2.23. The largest absolute Gasteiger partial charge is 0.507 e. The van der Waals surface area contributed by atoms with Gasteiger partial charge in [0.25, 0.3) is 0 Å². The van der Waals surface area contributed by atoms with Crippen LogP contribution in [0.1, 0.15) is 18.4 Å². The van der Waals surface area contributed by atoms with E-state index in [9.17, 15) is 10.2 Å². The molecular weight excluding hydrogens is 456 g/mol. The highest BCUT2D eigenvalue weighted by molar-refractivity contribution is 9.10. The molecule has 1 saturated heterocycles. The monoisotopic (exact) mass is 476 g/mol. The number of rotatable bonds is 5. The summed E-state index contributed by atoms with van der Waals surface area (Å²) in [7, 11) is 0. The van der Waals surface area contributed by atoms with E-state index in [4.69, 9.17) is 11.6 Å². The fraction of sp³-hybridized carbons (Fsp3) is 0.286. The molecule has 4 N–H and O–H groups in total. The van der Waals surface area contributed by atoms with Gasteiger partial charge in [0, 0.05) is 42.3 Å². The zero-order valence-electron chi connectivity index (χ0n) is 15.7. The van der Waals surface area contributed by atoms with Gasteiger partial charge in [0.05, 0.1) is 22.1 Å². The van der Waals surface area contributed by atoms with Gasteiger partial charge in [0.2, 0.25) is 0 Å². The average Bonchev–Trinajstić information content (AvgIpc) is 3.20. The average molecular weight is 478 g/mol. The van der Waals surface area contributed by atoms with Crippen molar-refractivity contribution >= 4 is 33.2 Å². The Balaban J connectivity index is 1.40. The van der Waals surface area contributed by atoms with Crippen molar-refractivity contribution in [3.63, 3.8) is 0 Å². The predicted molar refractivity (Wildman–Crippen MR) is 119 cm³/mol. The molecule has 1 aliphatic rings. The smallest absolute Gasteiger partial charge is 0.133 e. The van der Waals surface area contributed by atoms with E-state index in [1.807, 2.05) is 24.3 Å². The van der Waals surface area contributed by atoms with Gasteiger partial charge in [-0.15, -0.1) is 0 Å². The molecule has 0 aliphatic carbocycles. The number of hydrogen-bond acceptors (Lipinski definition) is 5. The third-order valence-corrected chi connectivity index (χ3v) is 6.18. The normalized spacial score (nSPS) is 15.0. The summed E-state index contributed by atoms with van der Waals surface area (Å²) in [6.45, 7) is 2.61. The number of nitrogens with one attached hydrogen (secondary N) is 2. The van der Waals surface area contributed by atoms with Crippen molar-refractivity contribution < 1.29 is 10.2 Å². The fourth-order valence-corrected chi connectivity index (χ4v) is 4.13. The maximum Gasteiger partial charge on any atom is 0.133 e. The molecule has 2 aromatic carbocycles. The highest BCUT2D eigenvalue weighted by Crippen LogP contribution is 2.40. The minimum absolute atomic E-state index is 0.000101. The van der Waals surface area contributed by atoms with Crippen molar-refractivity contribution in [2.45, 2.75) is 25.4 Å². The standard InChI is InChI=1S/C21H22BrClN4O2/c22-17-9-16(19(28)10-20(17)29)21-18(12-25-26-21)27-7-5-15(6-8-27)24-11-13-1-3-14(23)4-2-13/h1-4,9-10,12,15,24,28-29H,5-8,11H2,(H,25,26). The Morgan fingerprint density at radius 1 is 1.14 bits per heavy atom. The molecule has 8 heteroatoms. The first kappa shape index (κ1) is 20.1. The van der Waals surface area contributed by atoms with Gasteiger partial charge in [-0.05, 0) is 52.5 Å². The van der Waals surface area contributed by atoms with Crippen LogP contribution in [0.5, 0.6) is 11.5 Å². The van der Waals surface area contributed by atoms with Gasteiger partial charge in [-0.2, -0.15) is 5.10 Å². The minimum atomic E-state index is -0.000101. The molecule has 1 aliphatic heterocycles. The summed E-state index contributed by atoms with van der Waals surface area (Å²) in [4.78, 5) is 2.28. The topological polar surface area (TPSA) is 84.4 Å². The lowest BCUT2D eigenvalue weighted by molar-refractivity contribution is 0.414. The van der Waals surface area contributed by atoms with Crippen LogP contribution >= 0.6 is 27.5 Å². The zero-order chi connectivity index (χ0) is 20.4. The van der Waals surface area contributed by atoms with E-state index < -0.39 is 0 Å². The van der Waals surface area contributed by atoms with E-state index in [1.165, 1.54) is 11.6 Å². The first-order valence-electron chi connectivity index (χ1n) is 9.49. The van der Waals surface area contributed by atoms with E-state index in [1.54, 1.807) is 12.3 Å². The Kier molecular flexibility index (Phi) is 5.99. The number of benzene rings is 2. The molecule has 0 bridgehead atoms. The third-order valence-electron chi connectivity index (χ3n) is 5.30. The Hall–Kier alpha value is -2.22. The molecule has 0 spiro atoms. The van der Waals surface area contributed by atoms with Crippen LogP contribution in [0.25, 0.3) is 11.3 Å². The summed E-state index contributed by atoms with van der Waals surface area (Å²) in [6, 6.07) is 11.4. The van der Waals surface area contributed by atoms with Crippen molar-refractivity contribution in [3.8, 4) is 22.8 Å². The van der Waals surface area contributed by atoms with Crippen LogP contribution in [-0.4, -0.2) is 39.5 Å². The second kappa shape index (κ2) is 8.65. The maximum absolute atomic E-state index is 10.3. The van der Waals surface area contributed by atoms with Crippen molar-refractivity contribution in [1.29, 1.82) is 0 Å². The second-order valence-corrected chi connectivity index (χ2v) is 8.51. The number of aromatic hydroxyl groups is 2. The molecule has 0 amide bonds. The number of phenolic OH excluding ortho intramolecular Hbond substituents is 2. The van der Waals surface area contributed by atoms with Gasteiger partial charge in [-0.25, -0.2) is 0 Å². The SMILES string of the molecule is Oc1cc(O)c(-c2[nH]ncc2N2CCC(NCc3ccc(Cl)cc3)CC2)cc1Br. The Labute approximate surface area is 182 Å². The summed E-state index contributed by atoms with van der Waals surface area (Å²) in [6.07, 6.45) is 3.82. The summed E-state index contributed by atoms with van der Waals surface area (Å²) in [5, 5.41) is 31.6. The van der Waals surface area contributed by atoms with Crippen LogP contribution in [0, 0.1) is 0 Å². The quantitative estimate of drug-likeness (QED) is 0.429. The molecule has 0 atom stereocenters. The van der Waals surface area contributed by atoms with Crippen LogP contribution in [0.2, 0.25) is 5.02 Å². The molecule has 2 heterocycles. The van der Waals surface area contributed by atoms with E-state index in [0.29, 0.717) is 16.1 Å². The molecule has 1 aromatic heterocycles. The predicted octanol–water partition coefficient (Wildman–Crippen LogP) is 4.66. The molecule has 6 nitrogen and oxygen atoms in total. The number of piperidine rings is 1. The molecule has 1 fully saturated rings. The lowest BCUT2D eigenvalue weighted by Crippen LogP contribution is -2.42. The lowest BCUT2D eigenvalue weighted by Gasteiger charge is -2.34. The zero-order valence-corrected chi connectivity index (χ0v) is 18.0. The van der Waals surface area contributed by atoms with Crippen molar-refractivity contribution in [2.24, 2.45) is 0 Å². The first-order chi connectivity index (χ1) is 14.0. The summed E-state index contributed by atoms with van der Waals surface area (Å²) < 4.78 is 0.524. The van der Waals surface area contributed by atoms with E-state index in [-0.39, 0.29) is 11.5 Å². The Bertz CT molecular complexity index is 985. The maximum atomic E-state index is 10.3. The van der Waals surface area contributed by atoms with Gasteiger partial charge >= 0.3 is 0 Å². The number of H-pyrrole nitrogens is 1. The number of halogens is 2. The summed E-state index contributed by atoms with van der Waals surface area (Å²) in [5.41, 5.74) is 3.53. The van der Waals surface area contributed by atoms with E-state index >= 15 is 0 Å². The lowest BCUT2D eigenvalue weighted by atomic mass is 10.0. The number of aromatic nitrogens is 2. The third kappa shape index (κ3) is 4.52. The molecule has 0 saturated carbocycles.